The molecule has 7 heteroatoms. The van der Waals surface area contributed by atoms with Crippen LogP contribution in [0.2, 0.25) is 0 Å². The number of rotatable bonds is 5. The van der Waals surface area contributed by atoms with E-state index in [1.165, 1.54) is 0 Å². The second-order valence-electron chi connectivity index (χ2n) is 3.90. The Labute approximate surface area is 107 Å². The molecule has 1 aromatic rings. The van der Waals surface area contributed by atoms with Gasteiger partial charge in [-0.3, -0.25) is 0 Å². The lowest BCUT2D eigenvalue weighted by Gasteiger charge is -2.10. The molecule has 19 heavy (non-hydrogen) atoms. The van der Waals surface area contributed by atoms with Gasteiger partial charge in [0.15, 0.2) is 24.0 Å². The summed E-state index contributed by atoms with van der Waals surface area (Å²) in [7, 11) is 0. The number of halogens is 2. The molecule has 0 spiro atoms. The first-order chi connectivity index (χ1) is 8.81. The highest BCUT2D eigenvalue weighted by Crippen LogP contribution is 2.23. The highest BCUT2D eigenvalue weighted by molar-refractivity contribution is 5.87. The summed E-state index contributed by atoms with van der Waals surface area (Å²) in [5.74, 6) is -5.46. The molecular weight excluding hydrogens is 262 g/mol. The summed E-state index contributed by atoms with van der Waals surface area (Å²) in [5.41, 5.74) is -0.549. The predicted octanol–water partition coefficient (Wildman–Crippen LogP) is 1.99. The zero-order chi connectivity index (χ0) is 14.6. The van der Waals surface area contributed by atoms with E-state index in [0.29, 0.717) is 12.1 Å². The standard InChI is InChI=1S/C12H12F2O5/c1-6(2)19-10(15)5-18-11-8(13)3-7(12(16)17)4-9(11)14/h3-4,6H,5H2,1-2H3,(H,16,17). The van der Waals surface area contributed by atoms with Gasteiger partial charge in [0.25, 0.3) is 0 Å². The summed E-state index contributed by atoms with van der Waals surface area (Å²) in [6, 6.07) is 1.21. The Morgan fingerprint density at radius 3 is 2.21 bits per heavy atom. The summed E-state index contributed by atoms with van der Waals surface area (Å²) < 4.78 is 36.2. The summed E-state index contributed by atoms with van der Waals surface area (Å²) in [6.07, 6.45) is -0.375. The molecule has 104 valence electrons. The maximum Gasteiger partial charge on any atom is 0.344 e. The number of hydrogen-bond donors (Lipinski definition) is 1. The van der Waals surface area contributed by atoms with Crippen molar-refractivity contribution in [3.8, 4) is 5.75 Å². The fraction of sp³-hybridized carbons (Fsp3) is 0.333. The van der Waals surface area contributed by atoms with Gasteiger partial charge in [-0.15, -0.1) is 0 Å². The van der Waals surface area contributed by atoms with E-state index in [-0.39, 0.29) is 6.10 Å². The molecule has 0 fully saturated rings. The molecule has 0 bridgehead atoms. The molecule has 0 saturated heterocycles. The average Bonchev–Trinajstić information content (AvgIpc) is 2.26. The van der Waals surface area contributed by atoms with Crippen molar-refractivity contribution in [2.75, 3.05) is 6.61 Å². The Morgan fingerprint density at radius 2 is 1.79 bits per heavy atom. The number of ether oxygens (including phenoxy) is 2. The normalized spacial score (nSPS) is 10.4. The Bertz CT molecular complexity index is 476. The van der Waals surface area contributed by atoms with Crippen molar-refractivity contribution in [2.24, 2.45) is 0 Å². The lowest BCUT2D eigenvalue weighted by atomic mass is 10.2. The zero-order valence-corrected chi connectivity index (χ0v) is 10.3. The predicted molar refractivity (Wildman–Crippen MR) is 60.0 cm³/mol. The van der Waals surface area contributed by atoms with E-state index < -0.39 is 41.5 Å². The molecule has 0 aromatic heterocycles. The molecule has 1 rings (SSSR count). The van der Waals surface area contributed by atoms with Crippen molar-refractivity contribution < 1.29 is 33.0 Å². The Kier molecular flexibility index (Phi) is 4.80. The second-order valence-corrected chi connectivity index (χ2v) is 3.90. The first-order valence-corrected chi connectivity index (χ1v) is 5.36. The van der Waals surface area contributed by atoms with E-state index in [1.807, 2.05) is 0 Å². The van der Waals surface area contributed by atoms with E-state index in [2.05, 4.69) is 4.74 Å². The number of esters is 1. The molecule has 0 unspecified atom stereocenters. The third kappa shape index (κ3) is 4.20. The Morgan fingerprint density at radius 1 is 1.26 bits per heavy atom. The van der Waals surface area contributed by atoms with Gasteiger partial charge in [-0.25, -0.2) is 18.4 Å². The first-order valence-electron chi connectivity index (χ1n) is 5.36. The quantitative estimate of drug-likeness (QED) is 0.831. The minimum atomic E-state index is -1.47. The number of aromatic carboxylic acids is 1. The highest BCUT2D eigenvalue weighted by Gasteiger charge is 2.17. The SMILES string of the molecule is CC(C)OC(=O)COc1c(F)cc(C(=O)O)cc1F. The summed E-state index contributed by atoms with van der Waals surface area (Å²) in [4.78, 5) is 21.7. The fourth-order valence-corrected chi connectivity index (χ4v) is 1.25. The van der Waals surface area contributed by atoms with Crippen molar-refractivity contribution >= 4 is 11.9 Å². The molecular formula is C12H12F2O5. The minimum Gasteiger partial charge on any atom is -0.478 e. The van der Waals surface area contributed by atoms with Crippen LogP contribution in [0.4, 0.5) is 8.78 Å². The molecule has 1 N–H and O–H groups in total. The van der Waals surface area contributed by atoms with E-state index in [0.717, 1.165) is 0 Å². The topological polar surface area (TPSA) is 72.8 Å². The maximum absolute atomic E-state index is 13.4. The van der Waals surface area contributed by atoms with Crippen LogP contribution in [0.1, 0.15) is 24.2 Å². The molecule has 1 aromatic carbocycles. The van der Waals surface area contributed by atoms with Crippen LogP contribution in [0.5, 0.6) is 5.75 Å². The van der Waals surface area contributed by atoms with Crippen LogP contribution in [0.3, 0.4) is 0 Å². The third-order valence-electron chi connectivity index (χ3n) is 1.95. The van der Waals surface area contributed by atoms with Crippen molar-refractivity contribution in [3.05, 3.63) is 29.3 Å². The third-order valence-corrected chi connectivity index (χ3v) is 1.95. The summed E-state index contributed by atoms with van der Waals surface area (Å²) >= 11 is 0. The molecule has 5 nitrogen and oxygen atoms in total. The molecule has 0 amide bonds. The zero-order valence-electron chi connectivity index (χ0n) is 10.3. The number of benzene rings is 1. The molecule has 0 aliphatic carbocycles. The van der Waals surface area contributed by atoms with E-state index >= 15 is 0 Å². The van der Waals surface area contributed by atoms with E-state index in [1.54, 1.807) is 13.8 Å². The van der Waals surface area contributed by atoms with Gasteiger partial charge >= 0.3 is 11.9 Å². The smallest absolute Gasteiger partial charge is 0.344 e. The van der Waals surface area contributed by atoms with Gasteiger partial charge in [-0.1, -0.05) is 0 Å². The van der Waals surface area contributed by atoms with E-state index in [4.69, 9.17) is 9.84 Å². The van der Waals surface area contributed by atoms with Crippen LogP contribution >= 0.6 is 0 Å². The van der Waals surface area contributed by atoms with Crippen molar-refractivity contribution in [2.45, 2.75) is 20.0 Å². The van der Waals surface area contributed by atoms with Crippen molar-refractivity contribution in [1.29, 1.82) is 0 Å². The van der Waals surface area contributed by atoms with Gasteiger partial charge in [-0.2, -0.15) is 0 Å². The van der Waals surface area contributed by atoms with Gasteiger partial charge in [-0.05, 0) is 26.0 Å². The molecule has 0 saturated carbocycles. The van der Waals surface area contributed by atoms with Crippen LogP contribution in [-0.2, 0) is 9.53 Å². The second kappa shape index (κ2) is 6.12. The van der Waals surface area contributed by atoms with Gasteiger partial charge < -0.3 is 14.6 Å². The van der Waals surface area contributed by atoms with Gasteiger partial charge in [0.2, 0.25) is 0 Å². The van der Waals surface area contributed by atoms with Crippen LogP contribution in [0.25, 0.3) is 0 Å². The molecule has 0 aliphatic heterocycles. The van der Waals surface area contributed by atoms with Gasteiger partial charge in [0.05, 0.1) is 11.7 Å². The summed E-state index contributed by atoms with van der Waals surface area (Å²) in [6.45, 7) is 2.56. The van der Waals surface area contributed by atoms with Gasteiger partial charge in [0.1, 0.15) is 0 Å². The van der Waals surface area contributed by atoms with E-state index in [9.17, 15) is 18.4 Å². The largest absolute Gasteiger partial charge is 0.478 e. The van der Waals surface area contributed by atoms with Crippen LogP contribution in [0.15, 0.2) is 12.1 Å². The first kappa shape index (κ1) is 14.9. The van der Waals surface area contributed by atoms with Gasteiger partial charge in [0, 0.05) is 0 Å². The lowest BCUT2D eigenvalue weighted by molar-refractivity contribution is -0.149. The molecule has 0 heterocycles. The number of hydrogen-bond acceptors (Lipinski definition) is 4. The van der Waals surface area contributed by atoms with Crippen LogP contribution < -0.4 is 4.74 Å². The number of carboxylic acids is 1. The Balaban J connectivity index is 2.79. The average molecular weight is 274 g/mol. The minimum absolute atomic E-state index is 0.375. The summed E-state index contributed by atoms with van der Waals surface area (Å²) in [5, 5.41) is 8.59. The molecule has 0 radical (unpaired) electrons. The highest BCUT2D eigenvalue weighted by atomic mass is 19.1. The number of carbonyl (C=O) groups excluding carboxylic acids is 1. The van der Waals surface area contributed by atoms with Crippen molar-refractivity contribution in [1.82, 2.24) is 0 Å². The monoisotopic (exact) mass is 274 g/mol. The Hall–Kier alpha value is -2.18. The van der Waals surface area contributed by atoms with Crippen LogP contribution in [0, 0.1) is 11.6 Å². The van der Waals surface area contributed by atoms with Crippen LogP contribution in [-0.4, -0.2) is 29.8 Å². The number of carboxylic acid groups (broad SMARTS) is 1. The number of carbonyl (C=O) groups is 2. The lowest BCUT2D eigenvalue weighted by Crippen LogP contribution is -2.19. The van der Waals surface area contributed by atoms with Crippen molar-refractivity contribution in [3.63, 3.8) is 0 Å². The molecule has 0 atom stereocenters. The maximum atomic E-state index is 13.4. The fourth-order valence-electron chi connectivity index (χ4n) is 1.25. The molecule has 0 aliphatic rings.